The first kappa shape index (κ1) is 10.4. The first-order valence-corrected chi connectivity index (χ1v) is 4.85. The first-order chi connectivity index (χ1) is 7.09. The average Bonchev–Trinajstić information content (AvgIpc) is 2.43. The summed E-state index contributed by atoms with van der Waals surface area (Å²) in [5.41, 5.74) is 1.42. The van der Waals surface area contributed by atoms with Crippen LogP contribution in [0.2, 0.25) is 0 Å². The second-order valence-corrected chi connectivity index (χ2v) is 3.79. The molecule has 0 fully saturated rings. The topological polar surface area (TPSA) is 29.5 Å². The Morgan fingerprint density at radius 3 is 2.87 bits per heavy atom. The fraction of sp³-hybridized carbons (Fsp3) is 0.455. The summed E-state index contributed by atoms with van der Waals surface area (Å²) in [6, 6.07) is 4.89. The quantitative estimate of drug-likeness (QED) is 0.820. The zero-order chi connectivity index (χ0) is 11.0. The Morgan fingerprint density at radius 1 is 1.47 bits per heavy atom. The van der Waals surface area contributed by atoms with E-state index in [-0.39, 0.29) is 11.7 Å². The van der Waals surface area contributed by atoms with Crippen molar-refractivity contribution in [1.29, 1.82) is 0 Å². The maximum absolute atomic E-state index is 12.1. The number of aliphatic hydroxyl groups is 1. The molecule has 1 aliphatic rings. The summed E-state index contributed by atoms with van der Waals surface area (Å²) in [5.74, 6) is 0.247. The lowest BCUT2D eigenvalue weighted by atomic mass is 10.0. The standard InChI is InChI=1S/C11H12F2O2/c1-6-5-8(14)7-3-2-4-9(10(6)7)15-11(12)13/h2-4,6,8,11,14H,5H2,1H3. The highest BCUT2D eigenvalue weighted by atomic mass is 19.3. The SMILES string of the molecule is CC1CC(O)c2cccc(OC(F)F)c21. The van der Waals surface area contributed by atoms with Crippen LogP contribution in [-0.2, 0) is 0 Å². The van der Waals surface area contributed by atoms with E-state index in [9.17, 15) is 13.9 Å². The van der Waals surface area contributed by atoms with Crippen molar-refractivity contribution in [3.8, 4) is 5.75 Å². The van der Waals surface area contributed by atoms with Crippen LogP contribution in [0.5, 0.6) is 5.75 Å². The number of halogens is 2. The van der Waals surface area contributed by atoms with Crippen LogP contribution in [0.25, 0.3) is 0 Å². The summed E-state index contributed by atoms with van der Waals surface area (Å²) in [5, 5.41) is 9.67. The molecule has 1 aromatic rings. The minimum Gasteiger partial charge on any atom is -0.435 e. The van der Waals surface area contributed by atoms with Crippen molar-refractivity contribution in [3.05, 3.63) is 29.3 Å². The van der Waals surface area contributed by atoms with Gasteiger partial charge in [-0.3, -0.25) is 0 Å². The molecule has 0 saturated carbocycles. The largest absolute Gasteiger partial charge is 0.435 e. The summed E-state index contributed by atoms with van der Waals surface area (Å²) >= 11 is 0. The Hall–Kier alpha value is -1.16. The third-order valence-electron chi connectivity index (χ3n) is 2.74. The second kappa shape index (κ2) is 3.77. The molecule has 0 aliphatic heterocycles. The van der Waals surface area contributed by atoms with E-state index < -0.39 is 12.7 Å². The third-order valence-corrected chi connectivity index (χ3v) is 2.74. The summed E-state index contributed by atoms with van der Waals surface area (Å²) in [4.78, 5) is 0. The second-order valence-electron chi connectivity index (χ2n) is 3.79. The third kappa shape index (κ3) is 1.81. The van der Waals surface area contributed by atoms with Gasteiger partial charge in [0.25, 0.3) is 0 Å². The molecule has 0 heterocycles. The minimum absolute atomic E-state index is 0.0601. The fourth-order valence-corrected chi connectivity index (χ4v) is 2.16. The van der Waals surface area contributed by atoms with Gasteiger partial charge in [-0.2, -0.15) is 8.78 Å². The highest BCUT2D eigenvalue weighted by Gasteiger charge is 2.30. The van der Waals surface area contributed by atoms with Crippen LogP contribution in [0.3, 0.4) is 0 Å². The van der Waals surface area contributed by atoms with Crippen LogP contribution >= 0.6 is 0 Å². The number of ether oxygens (including phenoxy) is 1. The zero-order valence-electron chi connectivity index (χ0n) is 8.28. The number of fused-ring (bicyclic) bond motifs is 1. The van der Waals surface area contributed by atoms with E-state index in [0.717, 1.165) is 0 Å². The number of hydrogen-bond donors (Lipinski definition) is 1. The summed E-state index contributed by atoms with van der Waals surface area (Å²) in [6.07, 6.45) is 0.00934. The number of benzene rings is 1. The van der Waals surface area contributed by atoms with E-state index in [1.807, 2.05) is 6.92 Å². The predicted molar refractivity (Wildman–Crippen MR) is 51.1 cm³/mol. The normalized spacial score (nSPS) is 24.3. The van der Waals surface area contributed by atoms with E-state index in [1.165, 1.54) is 6.07 Å². The summed E-state index contributed by atoms with van der Waals surface area (Å²) in [7, 11) is 0. The molecule has 4 heteroatoms. The molecule has 0 saturated heterocycles. The number of alkyl halides is 2. The van der Waals surface area contributed by atoms with Crippen LogP contribution in [0, 0.1) is 0 Å². The summed E-state index contributed by atoms with van der Waals surface area (Å²) < 4.78 is 28.7. The molecule has 0 amide bonds. The lowest BCUT2D eigenvalue weighted by Crippen LogP contribution is -2.05. The van der Waals surface area contributed by atoms with Gasteiger partial charge in [-0.1, -0.05) is 19.1 Å². The Kier molecular flexibility index (Phi) is 2.61. The Labute approximate surface area is 86.5 Å². The van der Waals surface area contributed by atoms with Gasteiger partial charge >= 0.3 is 6.61 Å². The molecule has 2 unspecified atom stereocenters. The zero-order valence-corrected chi connectivity index (χ0v) is 8.28. The van der Waals surface area contributed by atoms with Crippen LogP contribution in [0.4, 0.5) is 8.78 Å². The van der Waals surface area contributed by atoms with Crippen LogP contribution in [0.15, 0.2) is 18.2 Å². The Balaban J connectivity index is 2.41. The molecule has 2 atom stereocenters. The molecular formula is C11H12F2O2. The molecule has 1 aliphatic carbocycles. The van der Waals surface area contributed by atoms with Gasteiger partial charge in [0.1, 0.15) is 5.75 Å². The molecule has 82 valence electrons. The van der Waals surface area contributed by atoms with E-state index in [4.69, 9.17) is 0 Å². The molecule has 15 heavy (non-hydrogen) atoms. The number of rotatable bonds is 2. The molecule has 0 aromatic heterocycles. The van der Waals surface area contributed by atoms with Gasteiger partial charge in [0.2, 0.25) is 0 Å². The lowest BCUT2D eigenvalue weighted by Gasteiger charge is -2.12. The van der Waals surface area contributed by atoms with Gasteiger partial charge < -0.3 is 9.84 Å². The molecular weight excluding hydrogens is 202 g/mol. The molecule has 1 N–H and O–H groups in total. The van der Waals surface area contributed by atoms with Gasteiger partial charge in [-0.25, -0.2) is 0 Å². The minimum atomic E-state index is -2.82. The van der Waals surface area contributed by atoms with Crippen molar-refractivity contribution in [2.75, 3.05) is 0 Å². The molecule has 0 bridgehead atoms. The maximum atomic E-state index is 12.1. The number of aliphatic hydroxyl groups excluding tert-OH is 1. The summed E-state index contributed by atoms with van der Waals surface area (Å²) in [6.45, 7) is -0.922. The Bertz CT molecular complexity index is 366. The monoisotopic (exact) mass is 214 g/mol. The van der Waals surface area contributed by atoms with Crippen molar-refractivity contribution in [1.82, 2.24) is 0 Å². The molecule has 1 aromatic carbocycles. The highest BCUT2D eigenvalue weighted by Crippen LogP contribution is 2.44. The molecule has 2 nitrogen and oxygen atoms in total. The van der Waals surface area contributed by atoms with E-state index in [2.05, 4.69) is 4.74 Å². The van der Waals surface area contributed by atoms with Crippen molar-refractivity contribution < 1.29 is 18.6 Å². The van der Waals surface area contributed by atoms with Crippen molar-refractivity contribution in [3.63, 3.8) is 0 Å². The first-order valence-electron chi connectivity index (χ1n) is 4.85. The van der Waals surface area contributed by atoms with Crippen molar-refractivity contribution in [2.45, 2.75) is 32.0 Å². The number of hydrogen-bond acceptors (Lipinski definition) is 2. The Morgan fingerprint density at radius 2 is 2.20 bits per heavy atom. The van der Waals surface area contributed by atoms with Gasteiger partial charge in [0, 0.05) is 5.56 Å². The van der Waals surface area contributed by atoms with Crippen LogP contribution in [0.1, 0.15) is 36.5 Å². The van der Waals surface area contributed by atoms with Crippen LogP contribution in [-0.4, -0.2) is 11.7 Å². The van der Waals surface area contributed by atoms with Gasteiger partial charge in [-0.05, 0) is 24.0 Å². The van der Waals surface area contributed by atoms with E-state index >= 15 is 0 Å². The smallest absolute Gasteiger partial charge is 0.387 e. The van der Waals surface area contributed by atoms with Crippen LogP contribution < -0.4 is 4.74 Å². The lowest BCUT2D eigenvalue weighted by molar-refractivity contribution is -0.0505. The van der Waals surface area contributed by atoms with E-state index in [1.54, 1.807) is 12.1 Å². The van der Waals surface area contributed by atoms with Gasteiger partial charge in [-0.15, -0.1) is 0 Å². The molecule has 2 rings (SSSR count). The highest BCUT2D eigenvalue weighted by molar-refractivity contribution is 5.46. The maximum Gasteiger partial charge on any atom is 0.387 e. The van der Waals surface area contributed by atoms with Crippen molar-refractivity contribution >= 4 is 0 Å². The predicted octanol–water partition coefficient (Wildman–Crippen LogP) is 2.83. The van der Waals surface area contributed by atoms with E-state index in [0.29, 0.717) is 17.5 Å². The molecule has 0 radical (unpaired) electrons. The van der Waals surface area contributed by atoms with Crippen molar-refractivity contribution in [2.24, 2.45) is 0 Å². The van der Waals surface area contributed by atoms with Gasteiger partial charge in [0.05, 0.1) is 6.10 Å². The average molecular weight is 214 g/mol. The fourth-order valence-electron chi connectivity index (χ4n) is 2.16. The van der Waals surface area contributed by atoms with Gasteiger partial charge in [0.15, 0.2) is 0 Å². The molecule has 0 spiro atoms.